The smallest absolute Gasteiger partial charge is 0.325 e. The standard InChI is InChI=1S/C12H21N3O4/c1-5-12(3)10(17)14-11(18)15(12)6-9(16)13-8(2)7-19-4/h8H,5-7H2,1-4H3,(H,13,16)(H,14,17,18). The van der Waals surface area contributed by atoms with Crippen LogP contribution in [0.2, 0.25) is 0 Å². The summed E-state index contributed by atoms with van der Waals surface area (Å²) in [6.45, 7) is 5.50. The summed E-state index contributed by atoms with van der Waals surface area (Å²) in [6.07, 6.45) is 0.450. The van der Waals surface area contributed by atoms with Crippen LogP contribution in [0.5, 0.6) is 0 Å². The molecular weight excluding hydrogens is 250 g/mol. The molecule has 7 nitrogen and oxygen atoms in total. The number of nitrogens with one attached hydrogen (secondary N) is 2. The van der Waals surface area contributed by atoms with Crippen LogP contribution in [-0.2, 0) is 14.3 Å². The summed E-state index contributed by atoms with van der Waals surface area (Å²) in [4.78, 5) is 36.5. The van der Waals surface area contributed by atoms with E-state index >= 15 is 0 Å². The number of ether oxygens (including phenoxy) is 1. The van der Waals surface area contributed by atoms with E-state index in [9.17, 15) is 14.4 Å². The van der Waals surface area contributed by atoms with E-state index in [0.717, 1.165) is 0 Å². The molecule has 0 spiro atoms. The van der Waals surface area contributed by atoms with Crippen molar-refractivity contribution < 1.29 is 19.1 Å². The van der Waals surface area contributed by atoms with Crippen LogP contribution >= 0.6 is 0 Å². The van der Waals surface area contributed by atoms with Crippen LogP contribution in [-0.4, -0.2) is 54.6 Å². The Morgan fingerprint density at radius 2 is 2.16 bits per heavy atom. The molecule has 0 saturated carbocycles. The van der Waals surface area contributed by atoms with Gasteiger partial charge < -0.3 is 15.0 Å². The number of rotatable bonds is 6. The van der Waals surface area contributed by atoms with Crippen LogP contribution in [0, 0.1) is 0 Å². The van der Waals surface area contributed by atoms with E-state index in [1.165, 1.54) is 4.90 Å². The first kappa shape index (κ1) is 15.4. The summed E-state index contributed by atoms with van der Waals surface area (Å²) in [5.41, 5.74) is -0.959. The Labute approximate surface area is 112 Å². The van der Waals surface area contributed by atoms with Crippen molar-refractivity contribution in [2.45, 2.75) is 38.8 Å². The predicted octanol–water partition coefficient (Wildman–Crippen LogP) is -0.142. The van der Waals surface area contributed by atoms with Crippen molar-refractivity contribution in [3.05, 3.63) is 0 Å². The van der Waals surface area contributed by atoms with Gasteiger partial charge in [-0.05, 0) is 20.3 Å². The summed E-state index contributed by atoms with van der Waals surface area (Å²) in [5, 5.41) is 4.94. The lowest BCUT2D eigenvalue weighted by Gasteiger charge is -2.30. The summed E-state index contributed by atoms with van der Waals surface area (Å²) in [6, 6.07) is -0.671. The largest absolute Gasteiger partial charge is 0.383 e. The fourth-order valence-electron chi connectivity index (χ4n) is 2.00. The second-order valence-corrected chi connectivity index (χ2v) is 4.90. The quantitative estimate of drug-likeness (QED) is 0.658. The first-order valence-electron chi connectivity index (χ1n) is 6.26. The van der Waals surface area contributed by atoms with E-state index < -0.39 is 11.6 Å². The number of amides is 4. The molecule has 0 aromatic rings. The van der Waals surface area contributed by atoms with Crippen molar-refractivity contribution in [1.29, 1.82) is 0 Å². The SMILES string of the molecule is CCC1(C)C(=O)NC(=O)N1CC(=O)NC(C)COC. The maximum Gasteiger partial charge on any atom is 0.325 e. The Hall–Kier alpha value is -1.63. The van der Waals surface area contributed by atoms with E-state index in [0.29, 0.717) is 13.0 Å². The van der Waals surface area contributed by atoms with Crippen LogP contribution in [0.15, 0.2) is 0 Å². The fourth-order valence-corrected chi connectivity index (χ4v) is 2.00. The molecule has 2 unspecified atom stereocenters. The van der Waals surface area contributed by atoms with Gasteiger partial charge in [0.05, 0.1) is 6.61 Å². The van der Waals surface area contributed by atoms with E-state index in [2.05, 4.69) is 10.6 Å². The van der Waals surface area contributed by atoms with Crippen LogP contribution in [0.3, 0.4) is 0 Å². The molecule has 1 heterocycles. The highest BCUT2D eigenvalue weighted by molar-refractivity contribution is 6.07. The molecule has 0 bridgehead atoms. The van der Waals surface area contributed by atoms with Gasteiger partial charge in [0.2, 0.25) is 5.91 Å². The van der Waals surface area contributed by atoms with Gasteiger partial charge in [-0.25, -0.2) is 4.79 Å². The topological polar surface area (TPSA) is 87.7 Å². The van der Waals surface area contributed by atoms with Crippen molar-refractivity contribution in [3.8, 4) is 0 Å². The minimum absolute atomic E-state index is 0.143. The monoisotopic (exact) mass is 271 g/mol. The van der Waals surface area contributed by atoms with Crippen molar-refractivity contribution in [1.82, 2.24) is 15.5 Å². The van der Waals surface area contributed by atoms with Crippen LogP contribution in [0.4, 0.5) is 4.79 Å². The average molecular weight is 271 g/mol. The number of methoxy groups -OCH3 is 1. The van der Waals surface area contributed by atoms with Gasteiger partial charge in [-0.1, -0.05) is 6.92 Å². The van der Waals surface area contributed by atoms with E-state index in [-0.39, 0.29) is 24.4 Å². The average Bonchev–Trinajstić information content (AvgIpc) is 2.54. The molecule has 1 saturated heterocycles. The van der Waals surface area contributed by atoms with E-state index in [1.807, 2.05) is 0 Å². The Morgan fingerprint density at radius 1 is 1.53 bits per heavy atom. The normalized spacial score (nSPS) is 24.3. The van der Waals surface area contributed by atoms with Crippen molar-refractivity contribution >= 4 is 17.8 Å². The second-order valence-electron chi connectivity index (χ2n) is 4.90. The lowest BCUT2D eigenvalue weighted by molar-refractivity contribution is -0.128. The van der Waals surface area contributed by atoms with Crippen LogP contribution in [0.1, 0.15) is 27.2 Å². The Bertz CT molecular complexity index is 385. The molecule has 19 heavy (non-hydrogen) atoms. The van der Waals surface area contributed by atoms with Gasteiger partial charge in [0.25, 0.3) is 5.91 Å². The molecular formula is C12H21N3O4. The van der Waals surface area contributed by atoms with Gasteiger partial charge in [-0.3, -0.25) is 14.9 Å². The summed E-state index contributed by atoms with van der Waals surface area (Å²) in [7, 11) is 1.55. The van der Waals surface area contributed by atoms with Gasteiger partial charge >= 0.3 is 6.03 Å². The molecule has 1 rings (SSSR count). The predicted molar refractivity (Wildman–Crippen MR) is 68.4 cm³/mol. The molecule has 4 amide bonds. The number of imide groups is 1. The summed E-state index contributed by atoms with van der Waals surface area (Å²) in [5.74, 6) is -0.674. The molecule has 0 aliphatic carbocycles. The third-order valence-electron chi connectivity index (χ3n) is 3.36. The molecule has 1 fully saturated rings. The van der Waals surface area contributed by atoms with Crippen molar-refractivity contribution in [2.75, 3.05) is 20.3 Å². The maximum atomic E-state index is 11.8. The number of nitrogens with zero attached hydrogens (tertiary/aromatic N) is 1. The van der Waals surface area contributed by atoms with Gasteiger partial charge in [0.15, 0.2) is 0 Å². The molecule has 0 radical (unpaired) electrons. The van der Waals surface area contributed by atoms with Crippen molar-refractivity contribution in [2.24, 2.45) is 0 Å². The molecule has 108 valence electrons. The van der Waals surface area contributed by atoms with Crippen LogP contribution in [0.25, 0.3) is 0 Å². The molecule has 2 atom stereocenters. The highest BCUT2D eigenvalue weighted by Crippen LogP contribution is 2.24. The Morgan fingerprint density at radius 3 is 2.68 bits per heavy atom. The number of carbonyl (C=O) groups excluding carboxylic acids is 3. The minimum Gasteiger partial charge on any atom is -0.383 e. The van der Waals surface area contributed by atoms with Gasteiger partial charge in [-0.15, -0.1) is 0 Å². The number of urea groups is 1. The Kier molecular flexibility index (Phi) is 4.88. The summed E-state index contributed by atoms with van der Waals surface area (Å²) < 4.78 is 4.91. The molecule has 1 aliphatic heterocycles. The highest BCUT2D eigenvalue weighted by atomic mass is 16.5. The molecule has 1 aliphatic rings. The Balaban J connectivity index is 2.67. The number of carbonyl (C=O) groups is 3. The first-order chi connectivity index (χ1) is 8.85. The molecule has 0 aromatic carbocycles. The van der Waals surface area contributed by atoms with Crippen molar-refractivity contribution in [3.63, 3.8) is 0 Å². The third-order valence-corrected chi connectivity index (χ3v) is 3.36. The van der Waals surface area contributed by atoms with Gasteiger partial charge in [-0.2, -0.15) is 0 Å². The van der Waals surface area contributed by atoms with E-state index in [1.54, 1.807) is 27.9 Å². The third kappa shape index (κ3) is 3.23. The maximum absolute atomic E-state index is 11.8. The van der Waals surface area contributed by atoms with Gasteiger partial charge in [0.1, 0.15) is 12.1 Å². The molecule has 7 heteroatoms. The van der Waals surface area contributed by atoms with Gasteiger partial charge in [0, 0.05) is 13.2 Å². The first-order valence-corrected chi connectivity index (χ1v) is 6.26. The summed E-state index contributed by atoms with van der Waals surface area (Å²) >= 11 is 0. The second kappa shape index (κ2) is 6.01. The number of hydrogen-bond acceptors (Lipinski definition) is 4. The minimum atomic E-state index is -0.959. The zero-order valence-corrected chi connectivity index (χ0v) is 11.8. The zero-order chi connectivity index (χ0) is 14.6. The van der Waals surface area contributed by atoms with Crippen LogP contribution < -0.4 is 10.6 Å². The molecule has 0 aromatic heterocycles. The lowest BCUT2D eigenvalue weighted by Crippen LogP contribution is -2.51. The zero-order valence-electron chi connectivity index (χ0n) is 11.8. The fraction of sp³-hybridized carbons (Fsp3) is 0.750. The number of hydrogen-bond donors (Lipinski definition) is 2. The van der Waals surface area contributed by atoms with E-state index in [4.69, 9.17) is 4.74 Å². The lowest BCUT2D eigenvalue weighted by atomic mass is 9.97. The molecule has 2 N–H and O–H groups in total. The highest BCUT2D eigenvalue weighted by Gasteiger charge is 2.48.